The van der Waals surface area contributed by atoms with E-state index in [1.165, 1.54) is 6.07 Å². The third kappa shape index (κ3) is 3.98. The fraction of sp³-hybridized carbons (Fsp3) is 0.156. The highest BCUT2D eigenvalue weighted by molar-refractivity contribution is 6.05. The number of aliphatic imine (C=N–C) groups is 1. The number of nitrogens with two attached hydrogens (primary N) is 1. The first-order valence-corrected chi connectivity index (χ1v) is 12.5. The zero-order chi connectivity index (χ0) is 27.3. The van der Waals surface area contributed by atoms with Gasteiger partial charge in [0.15, 0.2) is 0 Å². The molecule has 4 N–H and O–H groups in total. The van der Waals surface area contributed by atoms with Gasteiger partial charge in [-0.2, -0.15) is 0 Å². The van der Waals surface area contributed by atoms with Crippen LogP contribution in [-0.2, 0) is 6.54 Å². The highest BCUT2D eigenvalue weighted by atomic mass is 19.1. The van der Waals surface area contributed by atoms with Crippen molar-refractivity contribution in [2.75, 3.05) is 0 Å². The summed E-state index contributed by atoms with van der Waals surface area (Å²) in [7, 11) is 0. The second kappa shape index (κ2) is 9.38. The Balaban J connectivity index is 1.84. The van der Waals surface area contributed by atoms with Crippen LogP contribution in [0.25, 0.3) is 33.9 Å². The van der Waals surface area contributed by atoms with Crippen molar-refractivity contribution < 1.29 is 4.39 Å². The number of amidine groups is 1. The number of hydrogen-bond acceptors (Lipinski definition) is 4. The molecule has 0 saturated heterocycles. The molecule has 0 bridgehead atoms. The lowest BCUT2D eigenvalue weighted by Gasteiger charge is -2.20. The molecule has 2 aromatic carbocycles. The second-order valence-electron chi connectivity index (χ2n) is 9.79. The highest BCUT2D eigenvalue weighted by Crippen LogP contribution is 2.42. The van der Waals surface area contributed by atoms with Gasteiger partial charge in [0.05, 0.1) is 23.4 Å². The number of rotatable bonds is 5. The lowest BCUT2D eigenvalue weighted by Crippen LogP contribution is -2.21. The Kier molecular flexibility index (Phi) is 6.19. The molecule has 0 aliphatic carbocycles. The predicted octanol–water partition coefficient (Wildman–Crippen LogP) is 7.05. The maximum atomic E-state index is 15.6. The van der Waals surface area contributed by atoms with Crippen LogP contribution in [0.5, 0.6) is 0 Å². The Labute approximate surface area is 223 Å². The number of allylic oxidation sites excluding steroid dienone is 4. The Morgan fingerprint density at radius 3 is 2.61 bits per heavy atom. The third-order valence-corrected chi connectivity index (χ3v) is 7.15. The van der Waals surface area contributed by atoms with E-state index >= 15 is 4.39 Å². The molecule has 3 heterocycles. The molecule has 0 amide bonds. The van der Waals surface area contributed by atoms with Crippen molar-refractivity contribution >= 4 is 45.5 Å². The van der Waals surface area contributed by atoms with Crippen LogP contribution < -0.4 is 16.4 Å². The summed E-state index contributed by atoms with van der Waals surface area (Å²) < 4.78 is 17.6. The molecule has 2 aliphatic heterocycles. The van der Waals surface area contributed by atoms with Crippen molar-refractivity contribution in [1.29, 1.82) is 0 Å². The van der Waals surface area contributed by atoms with Crippen LogP contribution in [0, 0.1) is 19.7 Å². The molecular formula is C32H32FN5. The van der Waals surface area contributed by atoms with Gasteiger partial charge in [-0.05, 0) is 62.6 Å². The minimum Gasteiger partial charge on any atom is -0.398 e. The molecule has 38 heavy (non-hydrogen) atoms. The van der Waals surface area contributed by atoms with Gasteiger partial charge < -0.3 is 20.9 Å². The van der Waals surface area contributed by atoms with Gasteiger partial charge in [0.25, 0.3) is 0 Å². The van der Waals surface area contributed by atoms with E-state index < -0.39 is 0 Å². The lowest BCUT2D eigenvalue weighted by atomic mass is 9.91. The second-order valence-corrected chi connectivity index (χ2v) is 9.79. The quantitative estimate of drug-likeness (QED) is 0.348. The molecular weight excluding hydrogens is 473 g/mol. The smallest absolute Gasteiger partial charge is 0.130 e. The average molecular weight is 506 g/mol. The fourth-order valence-corrected chi connectivity index (χ4v) is 5.50. The largest absolute Gasteiger partial charge is 0.398 e. The summed E-state index contributed by atoms with van der Waals surface area (Å²) in [5, 5.41) is 7.40. The van der Waals surface area contributed by atoms with E-state index in [2.05, 4.69) is 65.9 Å². The Hall–Kier alpha value is -4.58. The Bertz CT molecular complexity index is 1690. The van der Waals surface area contributed by atoms with Gasteiger partial charge in [-0.3, -0.25) is 0 Å². The van der Waals surface area contributed by atoms with E-state index in [-0.39, 0.29) is 12.4 Å². The monoisotopic (exact) mass is 505 g/mol. The van der Waals surface area contributed by atoms with E-state index in [1.807, 2.05) is 44.3 Å². The summed E-state index contributed by atoms with van der Waals surface area (Å²) in [6.07, 6.45) is 9.97. The van der Waals surface area contributed by atoms with Crippen LogP contribution in [0.15, 0.2) is 73.1 Å². The van der Waals surface area contributed by atoms with Crippen LogP contribution in [0.2, 0.25) is 0 Å². The maximum absolute atomic E-state index is 15.6. The van der Waals surface area contributed by atoms with Gasteiger partial charge in [0, 0.05) is 57.0 Å². The number of halogens is 1. The molecule has 0 radical (unpaired) electrons. The van der Waals surface area contributed by atoms with E-state index in [4.69, 9.17) is 5.73 Å². The molecule has 2 aliphatic rings. The first-order valence-electron chi connectivity index (χ1n) is 12.5. The van der Waals surface area contributed by atoms with E-state index in [1.54, 1.807) is 0 Å². The van der Waals surface area contributed by atoms with Gasteiger partial charge in [0.1, 0.15) is 11.7 Å². The number of nitrogens with one attached hydrogen (secondary N) is 2. The van der Waals surface area contributed by atoms with Crippen LogP contribution in [0.4, 0.5) is 10.1 Å². The molecule has 1 aromatic heterocycles. The number of dihydropyridines is 1. The molecule has 6 heteroatoms. The lowest BCUT2D eigenvalue weighted by molar-refractivity contribution is 0.601. The van der Waals surface area contributed by atoms with Crippen LogP contribution in [0.3, 0.4) is 0 Å². The van der Waals surface area contributed by atoms with Gasteiger partial charge in [-0.15, -0.1) is 0 Å². The van der Waals surface area contributed by atoms with Gasteiger partial charge in [0.2, 0.25) is 0 Å². The summed E-state index contributed by atoms with van der Waals surface area (Å²) in [5.41, 5.74) is 17.1. The first-order chi connectivity index (χ1) is 18.1. The zero-order valence-corrected chi connectivity index (χ0v) is 22.3. The van der Waals surface area contributed by atoms with Crippen LogP contribution >= 0.6 is 0 Å². The number of aryl methyl sites for hydroxylation is 2. The zero-order valence-electron chi connectivity index (χ0n) is 22.3. The SMILES string of the molecule is C=C1NC=CC=C1c1c(C(=C)N)n(Cc2cc3c(cc2F)N=C(C)NC3=C)c2cc(C)c(/C=C\C)c(C)c12. The minimum absolute atomic E-state index is 0.252. The molecule has 192 valence electrons. The highest BCUT2D eigenvalue weighted by Gasteiger charge is 2.27. The molecule has 0 unspecified atom stereocenters. The van der Waals surface area contributed by atoms with E-state index in [0.717, 1.165) is 55.7 Å². The van der Waals surface area contributed by atoms with Gasteiger partial charge >= 0.3 is 0 Å². The van der Waals surface area contributed by atoms with Crippen molar-refractivity contribution in [2.24, 2.45) is 10.7 Å². The normalized spacial score (nSPS) is 14.9. The topological polar surface area (TPSA) is 67.4 Å². The van der Waals surface area contributed by atoms with Crippen molar-refractivity contribution in [2.45, 2.75) is 34.2 Å². The van der Waals surface area contributed by atoms with Crippen molar-refractivity contribution in [1.82, 2.24) is 15.2 Å². The maximum Gasteiger partial charge on any atom is 0.130 e. The minimum atomic E-state index is -0.336. The third-order valence-electron chi connectivity index (χ3n) is 7.15. The van der Waals surface area contributed by atoms with Crippen LogP contribution in [0.1, 0.15) is 52.9 Å². The molecule has 5 nitrogen and oxygen atoms in total. The Morgan fingerprint density at radius 2 is 1.92 bits per heavy atom. The molecule has 0 atom stereocenters. The molecule has 0 saturated carbocycles. The van der Waals surface area contributed by atoms with Crippen molar-refractivity contribution in [3.05, 3.63) is 113 Å². The summed E-state index contributed by atoms with van der Waals surface area (Å²) in [4.78, 5) is 4.45. The number of aromatic nitrogens is 1. The number of benzene rings is 2. The van der Waals surface area contributed by atoms with Crippen LogP contribution in [-0.4, -0.2) is 10.4 Å². The first kappa shape index (κ1) is 25.1. The van der Waals surface area contributed by atoms with E-state index in [0.29, 0.717) is 28.5 Å². The van der Waals surface area contributed by atoms with E-state index in [9.17, 15) is 0 Å². The summed E-state index contributed by atoms with van der Waals surface area (Å²) in [6.45, 7) is 20.8. The number of hydrogen-bond donors (Lipinski definition) is 3. The van der Waals surface area contributed by atoms with Gasteiger partial charge in [-0.1, -0.05) is 38.0 Å². The van der Waals surface area contributed by atoms with Crippen molar-refractivity contribution in [3.8, 4) is 0 Å². The molecule has 5 rings (SSSR count). The predicted molar refractivity (Wildman–Crippen MR) is 159 cm³/mol. The average Bonchev–Trinajstić information content (AvgIpc) is 3.16. The molecule has 0 fully saturated rings. The van der Waals surface area contributed by atoms with Crippen molar-refractivity contribution in [3.63, 3.8) is 0 Å². The molecule has 0 spiro atoms. The summed E-state index contributed by atoms with van der Waals surface area (Å²) >= 11 is 0. The summed E-state index contributed by atoms with van der Waals surface area (Å²) in [5.74, 6) is 0.348. The number of nitrogens with zero attached hydrogens (tertiary/aromatic N) is 2. The van der Waals surface area contributed by atoms with Gasteiger partial charge in [-0.25, -0.2) is 9.38 Å². The fourth-order valence-electron chi connectivity index (χ4n) is 5.50. The Morgan fingerprint density at radius 1 is 1.16 bits per heavy atom. The number of fused-ring (bicyclic) bond motifs is 2. The molecule has 3 aromatic rings. The standard InChI is InChI=1S/C32H32FN5/c1-8-10-24-17(2)13-29-30(18(24)3)31(25-11-9-12-35-20(25)5)32(19(4)34)38(29)16-23-14-26-21(6)36-22(7)37-28(26)15-27(23)33/h8-15,35H,4-6,16,34H2,1-3,7H3,(H,36,37)/b10-8-. The summed E-state index contributed by atoms with van der Waals surface area (Å²) in [6, 6.07) is 5.44.